The summed E-state index contributed by atoms with van der Waals surface area (Å²) >= 11 is 0. The Balaban J connectivity index is 1.58. The molecule has 4 rings (SSSR count). The number of oxazole rings is 1. The summed E-state index contributed by atoms with van der Waals surface area (Å²) in [4.78, 5) is 28.3. The number of hydrogen-bond acceptors (Lipinski definition) is 4. The summed E-state index contributed by atoms with van der Waals surface area (Å²) in [6, 6.07) is 5.23. The lowest BCUT2D eigenvalue weighted by Gasteiger charge is -2.23. The average molecular weight is 312 g/mol. The number of carbonyl (C=O) groups excluding carboxylic acids is 1. The Bertz CT molecular complexity index is 838. The maximum Gasteiger partial charge on any atom is 0.307 e. The van der Waals surface area contributed by atoms with Crippen molar-refractivity contribution in [2.24, 2.45) is 23.7 Å². The predicted octanol–water partition coefficient (Wildman–Crippen LogP) is 2.60. The van der Waals surface area contributed by atoms with E-state index < -0.39 is 17.8 Å². The molecular weight excluding hydrogens is 296 g/mol. The molecule has 1 aromatic heterocycles. The van der Waals surface area contributed by atoms with Crippen molar-refractivity contribution in [2.75, 3.05) is 5.32 Å². The van der Waals surface area contributed by atoms with Crippen LogP contribution in [0, 0.1) is 30.6 Å². The Morgan fingerprint density at radius 1 is 1.26 bits per heavy atom. The van der Waals surface area contributed by atoms with E-state index in [0.29, 0.717) is 22.7 Å². The molecule has 2 aromatic rings. The topological polar surface area (TPSA) is 92.4 Å². The van der Waals surface area contributed by atoms with Gasteiger partial charge in [0.05, 0.1) is 11.8 Å². The van der Waals surface area contributed by atoms with Crippen LogP contribution in [0.3, 0.4) is 0 Å². The number of carboxylic acids is 1. The SMILES string of the molecule is Cc1nc2cc(NC(=O)C3C4C=CC(C4)C3C(=O)O)ccc2o1. The van der Waals surface area contributed by atoms with E-state index in [2.05, 4.69) is 10.3 Å². The summed E-state index contributed by atoms with van der Waals surface area (Å²) in [6.45, 7) is 1.76. The van der Waals surface area contributed by atoms with Gasteiger partial charge in [-0.3, -0.25) is 9.59 Å². The molecule has 1 aromatic carbocycles. The maximum atomic E-state index is 12.6. The van der Waals surface area contributed by atoms with E-state index in [1.165, 1.54) is 0 Å². The summed E-state index contributed by atoms with van der Waals surface area (Å²) in [5, 5.41) is 12.3. The van der Waals surface area contributed by atoms with Gasteiger partial charge >= 0.3 is 5.97 Å². The highest BCUT2D eigenvalue weighted by Gasteiger charge is 2.51. The van der Waals surface area contributed by atoms with Crippen LogP contribution >= 0.6 is 0 Å². The molecular formula is C17H16N2O4. The van der Waals surface area contributed by atoms with Gasteiger partial charge in [0.1, 0.15) is 5.52 Å². The van der Waals surface area contributed by atoms with Gasteiger partial charge < -0.3 is 14.8 Å². The molecule has 4 atom stereocenters. The largest absolute Gasteiger partial charge is 0.481 e. The number of rotatable bonds is 3. The lowest BCUT2D eigenvalue weighted by Crippen LogP contribution is -2.36. The van der Waals surface area contributed by atoms with Crippen molar-refractivity contribution < 1.29 is 19.1 Å². The monoisotopic (exact) mass is 312 g/mol. The van der Waals surface area contributed by atoms with Crippen molar-refractivity contribution in [3.05, 3.63) is 36.2 Å². The van der Waals surface area contributed by atoms with Crippen LogP contribution in [0.15, 0.2) is 34.8 Å². The molecule has 4 unspecified atom stereocenters. The van der Waals surface area contributed by atoms with Crippen molar-refractivity contribution in [2.45, 2.75) is 13.3 Å². The van der Waals surface area contributed by atoms with E-state index in [1.54, 1.807) is 25.1 Å². The molecule has 6 heteroatoms. The zero-order chi connectivity index (χ0) is 16.1. The van der Waals surface area contributed by atoms with Crippen molar-refractivity contribution in [3.8, 4) is 0 Å². The van der Waals surface area contributed by atoms with Gasteiger partial charge in [-0.05, 0) is 36.5 Å². The molecule has 0 radical (unpaired) electrons. The molecule has 1 fully saturated rings. The standard InChI is InChI=1S/C17H16N2O4/c1-8-18-12-7-11(4-5-13(12)23-8)19-16(20)14-9-2-3-10(6-9)15(14)17(21)22/h2-5,7,9-10,14-15H,6H2,1H3,(H,19,20)(H,21,22). The number of aromatic nitrogens is 1. The van der Waals surface area contributed by atoms with Gasteiger partial charge in [0.2, 0.25) is 5.91 Å². The second kappa shape index (κ2) is 4.94. The van der Waals surface area contributed by atoms with Crippen LogP contribution in [-0.4, -0.2) is 22.0 Å². The molecule has 1 saturated carbocycles. The lowest BCUT2D eigenvalue weighted by molar-refractivity contribution is -0.146. The highest BCUT2D eigenvalue weighted by atomic mass is 16.4. The third kappa shape index (κ3) is 2.21. The average Bonchev–Trinajstić information content (AvgIpc) is 3.18. The molecule has 0 saturated heterocycles. The molecule has 2 aliphatic rings. The zero-order valence-corrected chi connectivity index (χ0v) is 12.5. The summed E-state index contributed by atoms with van der Waals surface area (Å²) in [5.41, 5.74) is 1.93. The first-order valence-electron chi connectivity index (χ1n) is 7.62. The highest BCUT2D eigenvalue weighted by molar-refractivity contribution is 5.97. The van der Waals surface area contributed by atoms with Crippen molar-refractivity contribution in [3.63, 3.8) is 0 Å². The zero-order valence-electron chi connectivity index (χ0n) is 12.5. The number of amides is 1. The number of fused-ring (bicyclic) bond motifs is 3. The lowest BCUT2D eigenvalue weighted by atomic mass is 9.82. The van der Waals surface area contributed by atoms with Crippen LogP contribution in [0.4, 0.5) is 5.69 Å². The molecule has 1 heterocycles. The van der Waals surface area contributed by atoms with E-state index >= 15 is 0 Å². The van der Waals surface area contributed by atoms with E-state index in [-0.39, 0.29) is 17.7 Å². The molecule has 2 N–H and O–H groups in total. The van der Waals surface area contributed by atoms with E-state index in [4.69, 9.17) is 4.42 Å². The Morgan fingerprint density at radius 3 is 2.74 bits per heavy atom. The Morgan fingerprint density at radius 2 is 2.00 bits per heavy atom. The number of nitrogens with one attached hydrogen (secondary N) is 1. The van der Waals surface area contributed by atoms with Gasteiger partial charge in [0.15, 0.2) is 11.5 Å². The number of carbonyl (C=O) groups is 2. The fourth-order valence-electron chi connectivity index (χ4n) is 3.86. The van der Waals surface area contributed by atoms with Crippen molar-refractivity contribution in [1.29, 1.82) is 0 Å². The van der Waals surface area contributed by atoms with Gasteiger partial charge in [-0.25, -0.2) is 4.98 Å². The van der Waals surface area contributed by atoms with Crippen LogP contribution in [-0.2, 0) is 9.59 Å². The molecule has 1 amide bonds. The number of nitrogens with zero attached hydrogens (tertiary/aromatic N) is 1. The smallest absolute Gasteiger partial charge is 0.307 e. The molecule has 2 aliphatic carbocycles. The van der Waals surface area contributed by atoms with Gasteiger partial charge in [-0.1, -0.05) is 12.2 Å². The first-order chi connectivity index (χ1) is 11.0. The van der Waals surface area contributed by atoms with E-state index in [0.717, 1.165) is 6.42 Å². The molecule has 6 nitrogen and oxygen atoms in total. The number of hydrogen-bond donors (Lipinski definition) is 2. The highest BCUT2D eigenvalue weighted by Crippen LogP contribution is 2.48. The quantitative estimate of drug-likeness (QED) is 0.850. The number of anilines is 1. The Kier molecular flexibility index (Phi) is 3.01. The third-order valence-electron chi connectivity index (χ3n) is 4.81. The fourth-order valence-corrected chi connectivity index (χ4v) is 3.86. The van der Waals surface area contributed by atoms with Crippen LogP contribution in [0.25, 0.3) is 11.1 Å². The first kappa shape index (κ1) is 14.0. The second-order valence-corrected chi connectivity index (χ2v) is 6.24. The van der Waals surface area contributed by atoms with Crippen LogP contribution < -0.4 is 5.32 Å². The molecule has 23 heavy (non-hydrogen) atoms. The number of aryl methyl sites for hydroxylation is 1. The fraction of sp³-hybridized carbons (Fsp3) is 0.353. The predicted molar refractivity (Wildman–Crippen MR) is 82.7 cm³/mol. The summed E-state index contributed by atoms with van der Waals surface area (Å²) < 4.78 is 5.41. The molecule has 118 valence electrons. The van der Waals surface area contributed by atoms with Gasteiger partial charge in [-0.15, -0.1) is 0 Å². The van der Waals surface area contributed by atoms with Gasteiger partial charge in [-0.2, -0.15) is 0 Å². The summed E-state index contributed by atoms with van der Waals surface area (Å²) in [5.74, 6) is -1.75. The van der Waals surface area contributed by atoms with Gasteiger partial charge in [0, 0.05) is 12.6 Å². The van der Waals surface area contributed by atoms with Gasteiger partial charge in [0.25, 0.3) is 0 Å². The van der Waals surface area contributed by atoms with E-state index in [9.17, 15) is 14.7 Å². The minimum atomic E-state index is -0.899. The third-order valence-corrected chi connectivity index (χ3v) is 4.81. The Hall–Kier alpha value is -2.63. The molecule has 0 aliphatic heterocycles. The van der Waals surface area contributed by atoms with Crippen molar-refractivity contribution >= 4 is 28.7 Å². The summed E-state index contributed by atoms with van der Waals surface area (Å²) in [6.07, 6.45) is 4.65. The minimum Gasteiger partial charge on any atom is -0.481 e. The molecule has 0 spiro atoms. The number of aliphatic carboxylic acids is 1. The van der Waals surface area contributed by atoms with E-state index in [1.807, 2.05) is 12.2 Å². The number of benzene rings is 1. The first-order valence-corrected chi connectivity index (χ1v) is 7.62. The van der Waals surface area contributed by atoms with Crippen LogP contribution in [0.1, 0.15) is 12.3 Å². The molecule has 2 bridgehead atoms. The number of allylic oxidation sites excluding steroid dienone is 2. The van der Waals surface area contributed by atoms with Crippen LogP contribution in [0.2, 0.25) is 0 Å². The minimum absolute atomic E-state index is 0.0131. The number of carboxylic acid groups (broad SMARTS) is 1. The Labute approximate surface area is 132 Å². The van der Waals surface area contributed by atoms with Crippen molar-refractivity contribution in [1.82, 2.24) is 4.98 Å². The normalized spacial score (nSPS) is 28.4. The summed E-state index contributed by atoms with van der Waals surface area (Å²) in [7, 11) is 0. The second-order valence-electron chi connectivity index (χ2n) is 6.24. The van der Waals surface area contributed by atoms with Crippen LogP contribution in [0.5, 0.6) is 0 Å². The maximum absolute atomic E-state index is 12.6.